The molecule has 0 aliphatic heterocycles. The summed E-state index contributed by atoms with van der Waals surface area (Å²) in [6.07, 6.45) is 1.03. The van der Waals surface area contributed by atoms with E-state index in [0.29, 0.717) is 44.0 Å². The molecule has 0 atom stereocenters. The zero-order valence-electron chi connectivity index (χ0n) is 18.7. The Morgan fingerprint density at radius 3 is 1.91 bits per heavy atom. The minimum atomic E-state index is -0.698. The van der Waals surface area contributed by atoms with Crippen LogP contribution in [-0.2, 0) is 29.1 Å². The number of carbonyl (C=O) groups excluding carboxylic acids is 1. The molecule has 0 aromatic heterocycles. The van der Waals surface area contributed by atoms with Crippen LogP contribution in [0.1, 0.15) is 29.5 Å². The Balaban J connectivity index is 1.58. The van der Waals surface area contributed by atoms with Gasteiger partial charge in [-0.1, -0.05) is 66.7 Å². The van der Waals surface area contributed by atoms with Gasteiger partial charge in [-0.25, -0.2) is 4.79 Å². The molecule has 0 saturated heterocycles. The summed E-state index contributed by atoms with van der Waals surface area (Å²) in [6.45, 7) is 1.37. The number of rotatable bonds is 13. The first-order valence-electron chi connectivity index (χ1n) is 11.1. The fourth-order valence-corrected chi connectivity index (χ4v) is 3.07. The lowest BCUT2D eigenvalue weighted by Gasteiger charge is -2.15. The number of benzene rings is 3. The average molecular weight is 451 g/mol. The van der Waals surface area contributed by atoms with Gasteiger partial charge < -0.3 is 24.1 Å². The van der Waals surface area contributed by atoms with E-state index in [1.54, 1.807) is 0 Å². The molecule has 1 N–H and O–H groups in total. The number of aliphatic hydroxyl groups excluding tert-OH is 1. The van der Waals surface area contributed by atoms with Crippen LogP contribution in [0.4, 0.5) is 4.79 Å². The minimum absolute atomic E-state index is 0.0815. The van der Waals surface area contributed by atoms with Crippen LogP contribution in [0, 0.1) is 0 Å². The van der Waals surface area contributed by atoms with Crippen LogP contribution in [0.25, 0.3) is 0 Å². The third kappa shape index (κ3) is 8.86. The fraction of sp³-hybridized carbons (Fsp3) is 0.296. The van der Waals surface area contributed by atoms with E-state index in [2.05, 4.69) is 0 Å². The molecule has 0 aliphatic carbocycles. The van der Waals surface area contributed by atoms with Crippen LogP contribution in [0.15, 0.2) is 78.9 Å². The van der Waals surface area contributed by atoms with Crippen molar-refractivity contribution in [3.63, 3.8) is 0 Å². The molecule has 0 radical (unpaired) electrons. The molecule has 0 spiro atoms. The summed E-state index contributed by atoms with van der Waals surface area (Å²) in [5.74, 6) is 1.29. The Kier molecular flexibility index (Phi) is 10.1. The lowest BCUT2D eigenvalue weighted by molar-refractivity contribution is 0.0540. The van der Waals surface area contributed by atoms with Crippen molar-refractivity contribution in [1.82, 2.24) is 0 Å². The number of unbranched alkanes of at least 4 members (excludes halogenated alkanes) is 1. The summed E-state index contributed by atoms with van der Waals surface area (Å²) in [6, 6.07) is 25.6. The molecule has 0 fully saturated rings. The number of hydrogen-bond donors (Lipinski definition) is 1. The van der Waals surface area contributed by atoms with Gasteiger partial charge in [0.15, 0.2) is 11.5 Å². The maximum absolute atomic E-state index is 11.6. The normalized spacial score (nSPS) is 10.5. The maximum Gasteiger partial charge on any atom is 0.508 e. The van der Waals surface area contributed by atoms with Crippen LogP contribution >= 0.6 is 0 Å². The molecule has 6 heteroatoms. The molecule has 6 nitrogen and oxygen atoms in total. The van der Waals surface area contributed by atoms with Gasteiger partial charge in [0.25, 0.3) is 0 Å². The fourth-order valence-electron chi connectivity index (χ4n) is 3.07. The second-order valence-electron chi connectivity index (χ2n) is 7.46. The van der Waals surface area contributed by atoms with E-state index in [9.17, 15) is 4.79 Å². The Bertz CT molecular complexity index is 959. The van der Waals surface area contributed by atoms with Crippen LogP contribution in [0.5, 0.6) is 11.5 Å². The van der Waals surface area contributed by atoms with Gasteiger partial charge in [0, 0.05) is 13.0 Å². The molecule has 174 valence electrons. The number of aliphatic hydroxyl groups is 1. The predicted octanol–water partition coefficient (Wildman–Crippen LogP) is 5.31. The Hall–Kier alpha value is -3.51. The molecule has 0 bridgehead atoms. The quantitative estimate of drug-likeness (QED) is 0.281. The number of ether oxygens (including phenoxy) is 4. The zero-order chi connectivity index (χ0) is 23.1. The maximum atomic E-state index is 11.6. The Morgan fingerprint density at radius 2 is 1.27 bits per heavy atom. The van der Waals surface area contributed by atoms with E-state index in [0.717, 1.165) is 16.7 Å². The van der Waals surface area contributed by atoms with Gasteiger partial charge in [-0.15, -0.1) is 0 Å². The van der Waals surface area contributed by atoms with Gasteiger partial charge in [0.05, 0.1) is 13.2 Å². The van der Waals surface area contributed by atoms with Crippen molar-refractivity contribution in [2.75, 3.05) is 19.8 Å². The van der Waals surface area contributed by atoms with Crippen molar-refractivity contribution in [1.29, 1.82) is 0 Å². The van der Waals surface area contributed by atoms with E-state index in [-0.39, 0.29) is 19.8 Å². The van der Waals surface area contributed by atoms with E-state index >= 15 is 0 Å². The van der Waals surface area contributed by atoms with Gasteiger partial charge in [-0.3, -0.25) is 0 Å². The van der Waals surface area contributed by atoms with E-state index in [4.69, 9.17) is 24.1 Å². The molecule has 0 amide bonds. The molecule has 33 heavy (non-hydrogen) atoms. The standard InChI is InChI=1S/C27H30O6/c28-16-7-8-17-30-27(29)31-18-15-22-13-14-25(32-20-23-9-3-1-4-10-23)26(19-22)33-21-24-11-5-2-6-12-24/h1-6,9-14,19,28H,7-8,15-18,20-21H2. The SMILES string of the molecule is O=C(OCCCCO)OCCc1ccc(OCc2ccccc2)c(OCc2ccccc2)c1. The first-order chi connectivity index (χ1) is 16.2. The molecule has 0 aliphatic rings. The number of hydrogen-bond acceptors (Lipinski definition) is 6. The van der Waals surface area contributed by atoms with Crippen molar-refractivity contribution in [2.24, 2.45) is 0 Å². The molecule has 0 unspecified atom stereocenters. The molecule has 0 saturated carbocycles. The first kappa shape index (κ1) is 24.1. The second-order valence-corrected chi connectivity index (χ2v) is 7.46. The molecule has 3 aromatic carbocycles. The summed E-state index contributed by atoms with van der Waals surface area (Å²) in [5.41, 5.74) is 3.09. The topological polar surface area (TPSA) is 74.2 Å². The van der Waals surface area contributed by atoms with Crippen LogP contribution in [-0.4, -0.2) is 31.1 Å². The third-order valence-electron chi connectivity index (χ3n) is 4.87. The van der Waals surface area contributed by atoms with Gasteiger partial charge in [0.2, 0.25) is 0 Å². The van der Waals surface area contributed by atoms with E-state index in [1.807, 2.05) is 78.9 Å². The largest absolute Gasteiger partial charge is 0.508 e. The molecular weight excluding hydrogens is 420 g/mol. The smallest absolute Gasteiger partial charge is 0.485 e. The van der Waals surface area contributed by atoms with Crippen LogP contribution in [0.3, 0.4) is 0 Å². The summed E-state index contributed by atoms with van der Waals surface area (Å²) in [5, 5.41) is 8.74. The van der Waals surface area contributed by atoms with Gasteiger partial charge in [-0.05, 0) is 41.7 Å². The summed E-state index contributed by atoms with van der Waals surface area (Å²) in [7, 11) is 0. The van der Waals surface area contributed by atoms with E-state index in [1.165, 1.54) is 0 Å². The third-order valence-corrected chi connectivity index (χ3v) is 4.87. The summed E-state index contributed by atoms with van der Waals surface area (Å²) < 4.78 is 22.2. The zero-order valence-corrected chi connectivity index (χ0v) is 18.7. The monoisotopic (exact) mass is 450 g/mol. The first-order valence-corrected chi connectivity index (χ1v) is 11.1. The number of carbonyl (C=O) groups is 1. The van der Waals surface area contributed by atoms with Gasteiger partial charge >= 0.3 is 6.16 Å². The molecule has 3 rings (SSSR count). The summed E-state index contributed by atoms with van der Waals surface area (Å²) >= 11 is 0. The highest BCUT2D eigenvalue weighted by molar-refractivity contribution is 5.59. The van der Waals surface area contributed by atoms with Crippen molar-refractivity contribution < 1.29 is 28.8 Å². The Labute approximate surface area is 194 Å². The lowest BCUT2D eigenvalue weighted by Crippen LogP contribution is -2.11. The van der Waals surface area contributed by atoms with Crippen LogP contribution < -0.4 is 9.47 Å². The van der Waals surface area contributed by atoms with Gasteiger partial charge in [-0.2, -0.15) is 0 Å². The highest BCUT2D eigenvalue weighted by Crippen LogP contribution is 2.30. The van der Waals surface area contributed by atoms with Crippen molar-refractivity contribution in [2.45, 2.75) is 32.5 Å². The van der Waals surface area contributed by atoms with Crippen molar-refractivity contribution >= 4 is 6.16 Å². The highest BCUT2D eigenvalue weighted by atomic mass is 16.7. The van der Waals surface area contributed by atoms with Crippen molar-refractivity contribution in [3.05, 3.63) is 95.6 Å². The minimum Gasteiger partial charge on any atom is -0.485 e. The summed E-state index contributed by atoms with van der Waals surface area (Å²) in [4.78, 5) is 11.6. The molecule has 0 heterocycles. The lowest BCUT2D eigenvalue weighted by atomic mass is 10.1. The molecule has 3 aromatic rings. The highest BCUT2D eigenvalue weighted by Gasteiger charge is 2.10. The van der Waals surface area contributed by atoms with E-state index < -0.39 is 6.16 Å². The Morgan fingerprint density at radius 1 is 0.667 bits per heavy atom. The van der Waals surface area contributed by atoms with Gasteiger partial charge in [0.1, 0.15) is 13.2 Å². The average Bonchev–Trinajstić information content (AvgIpc) is 2.86. The predicted molar refractivity (Wildman–Crippen MR) is 125 cm³/mol. The van der Waals surface area contributed by atoms with Crippen LogP contribution in [0.2, 0.25) is 0 Å². The van der Waals surface area contributed by atoms with Crippen molar-refractivity contribution in [3.8, 4) is 11.5 Å². The second kappa shape index (κ2) is 13.8. The molecular formula is C27H30O6.